The number of carbonyl (C=O) groups is 3. The Hall–Kier alpha value is -4.57. The Kier molecular flexibility index (Phi) is 8.03. The number of benzene rings is 3. The fourth-order valence-corrected chi connectivity index (χ4v) is 2.72. The van der Waals surface area contributed by atoms with E-state index in [4.69, 9.17) is 16.3 Å². The number of hydrogen-bond donors (Lipinski definition) is 2. The molecular formula is C23H17ClN4O6. The standard InChI is InChI=1S/C23H17ClN4O6/c24-18-7-3-16(4-8-18)22(30)25-14-21(29)27-26-13-15-1-11-20(12-2-15)34-23(31)17-5-9-19(10-6-17)28(32)33/h1-13H,14H2,(H,25,30)(H,27,29). The second-order valence-corrected chi connectivity index (χ2v) is 7.18. The van der Waals surface area contributed by atoms with Gasteiger partial charge in [0.2, 0.25) is 0 Å². The lowest BCUT2D eigenvalue weighted by molar-refractivity contribution is -0.384. The third-order valence-electron chi connectivity index (χ3n) is 4.32. The number of nitro groups is 1. The van der Waals surface area contributed by atoms with Gasteiger partial charge in [0.25, 0.3) is 17.5 Å². The zero-order valence-corrected chi connectivity index (χ0v) is 18.2. The van der Waals surface area contributed by atoms with Gasteiger partial charge < -0.3 is 10.1 Å². The van der Waals surface area contributed by atoms with Gasteiger partial charge in [0.1, 0.15) is 5.75 Å². The maximum Gasteiger partial charge on any atom is 0.343 e. The first-order valence-electron chi connectivity index (χ1n) is 9.74. The van der Waals surface area contributed by atoms with Crippen LogP contribution >= 0.6 is 11.6 Å². The van der Waals surface area contributed by atoms with Crippen LogP contribution in [0, 0.1) is 10.1 Å². The second-order valence-electron chi connectivity index (χ2n) is 6.75. The average molecular weight is 481 g/mol. The highest BCUT2D eigenvalue weighted by molar-refractivity contribution is 6.30. The van der Waals surface area contributed by atoms with Gasteiger partial charge in [-0.05, 0) is 66.2 Å². The summed E-state index contributed by atoms with van der Waals surface area (Å²) in [6, 6.07) is 17.5. The number of nitrogens with one attached hydrogen (secondary N) is 2. The van der Waals surface area contributed by atoms with Gasteiger partial charge in [-0.25, -0.2) is 10.2 Å². The van der Waals surface area contributed by atoms with Gasteiger partial charge in [-0.1, -0.05) is 11.6 Å². The number of nitrogens with zero attached hydrogens (tertiary/aromatic N) is 2. The Bertz CT molecular complexity index is 1230. The second kappa shape index (κ2) is 11.3. The molecule has 0 heterocycles. The zero-order valence-electron chi connectivity index (χ0n) is 17.4. The Morgan fingerprint density at radius 3 is 2.18 bits per heavy atom. The first kappa shape index (κ1) is 24.1. The molecule has 0 aromatic heterocycles. The van der Waals surface area contributed by atoms with Crippen LogP contribution in [-0.2, 0) is 4.79 Å². The van der Waals surface area contributed by atoms with Crippen molar-refractivity contribution in [3.8, 4) is 5.75 Å². The molecule has 0 bridgehead atoms. The van der Waals surface area contributed by atoms with Crippen molar-refractivity contribution < 1.29 is 24.0 Å². The SMILES string of the molecule is O=C(CNC(=O)c1ccc(Cl)cc1)NN=Cc1ccc(OC(=O)c2ccc([N+](=O)[O-])cc2)cc1. The van der Waals surface area contributed by atoms with Crippen LogP contribution < -0.4 is 15.5 Å². The van der Waals surface area contributed by atoms with Crippen molar-refractivity contribution in [3.05, 3.63) is 105 Å². The number of non-ortho nitro benzene ring substituents is 1. The van der Waals surface area contributed by atoms with Gasteiger partial charge in [0.05, 0.1) is 23.2 Å². The highest BCUT2D eigenvalue weighted by Gasteiger charge is 2.11. The van der Waals surface area contributed by atoms with E-state index in [1.165, 1.54) is 42.6 Å². The smallest absolute Gasteiger partial charge is 0.343 e. The summed E-state index contributed by atoms with van der Waals surface area (Å²) < 4.78 is 5.23. The van der Waals surface area contributed by atoms with E-state index in [0.717, 1.165) is 0 Å². The molecule has 0 aliphatic heterocycles. The van der Waals surface area contributed by atoms with E-state index in [1.807, 2.05) is 0 Å². The van der Waals surface area contributed by atoms with Crippen molar-refractivity contribution >= 4 is 41.3 Å². The molecule has 3 aromatic carbocycles. The summed E-state index contributed by atoms with van der Waals surface area (Å²) >= 11 is 5.77. The summed E-state index contributed by atoms with van der Waals surface area (Å²) in [5.41, 5.74) is 3.31. The van der Waals surface area contributed by atoms with Gasteiger partial charge >= 0.3 is 5.97 Å². The summed E-state index contributed by atoms with van der Waals surface area (Å²) in [6.45, 7) is -0.268. The molecule has 0 saturated carbocycles. The first-order chi connectivity index (χ1) is 16.3. The molecule has 0 aliphatic rings. The molecule has 0 atom stereocenters. The molecule has 0 spiro atoms. The Morgan fingerprint density at radius 2 is 1.56 bits per heavy atom. The monoisotopic (exact) mass is 480 g/mol. The molecule has 3 rings (SSSR count). The Labute approximate surface area is 198 Å². The third kappa shape index (κ3) is 6.97. The Balaban J connectivity index is 1.45. The summed E-state index contributed by atoms with van der Waals surface area (Å²) in [6.07, 6.45) is 1.38. The fraction of sp³-hybridized carbons (Fsp3) is 0.0435. The van der Waals surface area contributed by atoms with Crippen molar-refractivity contribution in [2.45, 2.75) is 0 Å². The minimum absolute atomic E-state index is 0.129. The van der Waals surface area contributed by atoms with E-state index >= 15 is 0 Å². The lowest BCUT2D eigenvalue weighted by atomic mass is 10.2. The quantitative estimate of drug-likeness (QED) is 0.166. The number of carbonyl (C=O) groups excluding carboxylic acids is 3. The van der Waals surface area contributed by atoms with Crippen molar-refractivity contribution in [1.82, 2.24) is 10.7 Å². The fourth-order valence-electron chi connectivity index (χ4n) is 2.59. The molecule has 34 heavy (non-hydrogen) atoms. The van der Waals surface area contributed by atoms with Crippen molar-refractivity contribution in [3.63, 3.8) is 0 Å². The topological polar surface area (TPSA) is 140 Å². The van der Waals surface area contributed by atoms with Crippen LogP contribution in [0.15, 0.2) is 77.9 Å². The van der Waals surface area contributed by atoms with Gasteiger partial charge in [0.15, 0.2) is 0 Å². The van der Waals surface area contributed by atoms with Crippen LogP contribution in [-0.4, -0.2) is 35.5 Å². The van der Waals surface area contributed by atoms with E-state index in [9.17, 15) is 24.5 Å². The van der Waals surface area contributed by atoms with E-state index in [2.05, 4.69) is 15.8 Å². The highest BCUT2D eigenvalue weighted by Crippen LogP contribution is 2.16. The number of ether oxygens (including phenoxy) is 1. The average Bonchev–Trinajstić information content (AvgIpc) is 2.84. The molecular weight excluding hydrogens is 464 g/mol. The molecule has 0 saturated heterocycles. The van der Waals surface area contributed by atoms with Gasteiger partial charge in [-0.2, -0.15) is 5.10 Å². The minimum Gasteiger partial charge on any atom is -0.423 e. The summed E-state index contributed by atoms with van der Waals surface area (Å²) in [7, 11) is 0. The number of halogens is 1. The first-order valence-corrected chi connectivity index (χ1v) is 10.1. The van der Waals surface area contributed by atoms with Gasteiger partial charge in [-0.3, -0.25) is 19.7 Å². The van der Waals surface area contributed by atoms with E-state index in [1.54, 1.807) is 36.4 Å². The van der Waals surface area contributed by atoms with Crippen molar-refractivity contribution in [1.29, 1.82) is 0 Å². The van der Waals surface area contributed by atoms with Crippen molar-refractivity contribution in [2.24, 2.45) is 5.10 Å². The van der Waals surface area contributed by atoms with Crippen molar-refractivity contribution in [2.75, 3.05) is 6.54 Å². The summed E-state index contributed by atoms with van der Waals surface area (Å²) in [5, 5.41) is 17.4. The maximum atomic E-state index is 12.1. The molecule has 2 amide bonds. The molecule has 172 valence electrons. The van der Waals surface area contributed by atoms with Crippen LogP contribution in [0.1, 0.15) is 26.3 Å². The van der Waals surface area contributed by atoms with Crippen LogP contribution in [0.25, 0.3) is 0 Å². The number of rotatable bonds is 8. The molecule has 0 aliphatic carbocycles. The van der Waals surface area contributed by atoms with Crippen LogP contribution in [0.3, 0.4) is 0 Å². The molecule has 0 radical (unpaired) electrons. The van der Waals surface area contributed by atoms with E-state index in [0.29, 0.717) is 16.1 Å². The van der Waals surface area contributed by atoms with Gasteiger partial charge in [0, 0.05) is 22.7 Å². The predicted octanol–water partition coefficient (Wildman–Crippen LogP) is 3.35. The lowest BCUT2D eigenvalue weighted by Gasteiger charge is -2.05. The molecule has 10 nitrogen and oxygen atoms in total. The minimum atomic E-state index is -0.663. The summed E-state index contributed by atoms with van der Waals surface area (Å²) in [4.78, 5) is 46.1. The van der Waals surface area contributed by atoms with Gasteiger partial charge in [-0.15, -0.1) is 0 Å². The third-order valence-corrected chi connectivity index (χ3v) is 4.58. The van der Waals surface area contributed by atoms with Crippen LogP contribution in [0.5, 0.6) is 5.75 Å². The molecule has 0 fully saturated rings. The molecule has 2 N–H and O–H groups in total. The molecule has 11 heteroatoms. The number of hydrazone groups is 1. The zero-order chi connectivity index (χ0) is 24.5. The number of nitro benzene ring substituents is 1. The maximum absolute atomic E-state index is 12.1. The lowest BCUT2D eigenvalue weighted by Crippen LogP contribution is -2.34. The Morgan fingerprint density at radius 1 is 0.941 bits per heavy atom. The normalized spacial score (nSPS) is 10.5. The molecule has 0 unspecified atom stereocenters. The largest absolute Gasteiger partial charge is 0.423 e. The predicted molar refractivity (Wildman–Crippen MR) is 124 cm³/mol. The number of amides is 2. The number of hydrogen-bond acceptors (Lipinski definition) is 7. The van der Waals surface area contributed by atoms with Crippen LogP contribution in [0.4, 0.5) is 5.69 Å². The van der Waals surface area contributed by atoms with E-state index < -0.39 is 22.7 Å². The number of esters is 1. The highest BCUT2D eigenvalue weighted by atomic mass is 35.5. The summed E-state index contributed by atoms with van der Waals surface area (Å²) in [5.74, 6) is -1.35. The molecule has 3 aromatic rings. The van der Waals surface area contributed by atoms with E-state index in [-0.39, 0.29) is 23.5 Å². The van der Waals surface area contributed by atoms with Crippen LogP contribution in [0.2, 0.25) is 5.02 Å².